The minimum atomic E-state index is 0.488. The van der Waals surface area contributed by atoms with Gasteiger partial charge in [-0.25, -0.2) is 0 Å². The van der Waals surface area contributed by atoms with Crippen molar-refractivity contribution in [2.45, 2.75) is 58.3 Å². The van der Waals surface area contributed by atoms with Crippen molar-refractivity contribution in [2.24, 2.45) is 5.41 Å². The second-order valence-corrected chi connectivity index (χ2v) is 6.16. The lowest BCUT2D eigenvalue weighted by atomic mass is 9.73. The number of hydrogen-bond donors (Lipinski definition) is 0. The molecule has 1 aliphatic carbocycles. The maximum atomic E-state index is 5.65. The molecular weight excluding hydrogens is 236 g/mol. The topological polar surface area (TPSA) is 38.9 Å². The van der Waals surface area contributed by atoms with E-state index < -0.39 is 0 Å². The SMILES string of the molecule is CC1(C)CCC(c2noc(CCCCl)n2)CC1. The first-order valence-corrected chi connectivity index (χ1v) is 7.03. The summed E-state index contributed by atoms with van der Waals surface area (Å²) in [7, 11) is 0. The summed E-state index contributed by atoms with van der Waals surface area (Å²) in [6.45, 7) is 4.68. The first kappa shape index (κ1) is 12.9. The van der Waals surface area contributed by atoms with Crippen LogP contribution in [-0.2, 0) is 6.42 Å². The van der Waals surface area contributed by atoms with Crippen LogP contribution in [0.1, 0.15) is 63.6 Å². The van der Waals surface area contributed by atoms with E-state index in [2.05, 4.69) is 24.0 Å². The smallest absolute Gasteiger partial charge is 0.226 e. The molecule has 1 saturated carbocycles. The van der Waals surface area contributed by atoms with Crippen LogP contribution in [-0.4, -0.2) is 16.0 Å². The molecule has 0 saturated heterocycles. The van der Waals surface area contributed by atoms with Gasteiger partial charge in [0.2, 0.25) is 5.89 Å². The number of aryl methyl sites for hydroxylation is 1. The molecule has 0 radical (unpaired) electrons. The maximum absolute atomic E-state index is 5.65. The quantitative estimate of drug-likeness (QED) is 0.767. The average Bonchev–Trinajstić information content (AvgIpc) is 2.75. The third-order valence-corrected chi connectivity index (χ3v) is 3.98. The Morgan fingerprint density at radius 2 is 2.06 bits per heavy atom. The fraction of sp³-hybridized carbons (Fsp3) is 0.846. The minimum Gasteiger partial charge on any atom is -0.339 e. The molecule has 96 valence electrons. The third kappa shape index (κ3) is 3.44. The summed E-state index contributed by atoms with van der Waals surface area (Å²) in [5, 5.41) is 4.11. The van der Waals surface area contributed by atoms with Gasteiger partial charge in [-0.2, -0.15) is 4.98 Å². The second-order valence-electron chi connectivity index (χ2n) is 5.78. The minimum absolute atomic E-state index is 0.488. The molecule has 1 heterocycles. The molecule has 0 unspecified atom stereocenters. The highest BCUT2D eigenvalue weighted by Crippen LogP contribution is 2.41. The molecule has 1 aromatic rings. The lowest BCUT2D eigenvalue weighted by molar-refractivity contribution is 0.218. The molecule has 1 aliphatic rings. The van der Waals surface area contributed by atoms with E-state index in [4.69, 9.17) is 16.1 Å². The van der Waals surface area contributed by atoms with Crippen LogP contribution in [0, 0.1) is 5.41 Å². The summed E-state index contributed by atoms with van der Waals surface area (Å²) in [4.78, 5) is 4.48. The highest BCUT2D eigenvalue weighted by Gasteiger charge is 2.29. The van der Waals surface area contributed by atoms with E-state index in [9.17, 15) is 0 Å². The van der Waals surface area contributed by atoms with Gasteiger partial charge in [0.05, 0.1) is 0 Å². The molecule has 0 amide bonds. The van der Waals surface area contributed by atoms with Crippen LogP contribution in [0.15, 0.2) is 4.52 Å². The first-order valence-electron chi connectivity index (χ1n) is 6.49. The molecule has 1 aromatic heterocycles. The number of nitrogens with zero attached hydrogens (tertiary/aromatic N) is 2. The zero-order valence-electron chi connectivity index (χ0n) is 10.7. The van der Waals surface area contributed by atoms with Gasteiger partial charge < -0.3 is 4.52 Å². The Hall–Kier alpha value is -0.570. The first-order chi connectivity index (χ1) is 8.11. The molecule has 0 aromatic carbocycles. The van der Waals surface area contributed by atoms with Gasteiger partial charge in [-0.05, 0) is 37.5 Å². The van der Waals surface area contributed by atoms with Gasteiger partial charge in [0, 0.05) is 18.2 Å². The number of halogens is 1. The van der Waals surface area contributed by atoms with Crippen LogP contribution >= 0.6 is 11.6 Å². The molecule has 17 heavy (non-hydrogen) atoms. The molecule has 4 heteroatoms. The molecular formula is C13H21ClN2O. The van der Waals surface area contributed by atoms with Gasteiger partial charge in [0.15, 0.2) is 5.82 Å². The summed E-state index contributed by atoms with van der Waals surface area (Å²) in [5.74, 6) is 2.79. The largest absolute Gasteiger partial charge is 0.339 e. The summed E-state index contributed by atoms with van der Waals surface area (Å²) < 4.78 is 5.25. The molecule has 0 N–H and O–H groups in total. The monoisotopic (exact) mass is 256 g/mol. The van der Waals surface area contributed by atoms with E-state index in [0.29, 0.717) is 17.2 Å². The Kier molecular flexibility index (Phi) is 4.08. The Bertz CT molecular complexity index is 352. The molecule has 0 atom stereocenters. The van der Waals surface area contributed by atoms with Crippen LogP contribution < -0.4 is 0 Å². The Morgan fingerprint density at radius 1 is 1.35 bits per heavy atom. The zero-order chi connectivity index (χ0) is 12.3. The Labute approximate surface area is 108 Å². The second kappa shape index (κ2) is 5.38. The van der Waals surface area contributed by atoms with Crippen molar-refractivity contribution in [1.29, 1.82) is 0 Å². The van der Waals surface area contributed by atoms with Crippen LogP contribution in [0.2, 0.25) is 0 Å². The van der Waals surface area contributed by atoms with Crippen LogP contribution in [0.25, 0.3) is 0 Å². The van der Waals surface area contributed by atoms with Gasteiger partial charge in [0.25, 0.3) is 0 Å². The standard InChI is InChI=1S/C13H21ClN2O/c1-13(2)7-5-10(6-8-13)12-15-11(17-16-12)4-3-9-14/h10H,3-9H2,1-2H3. The molecule has 0 aliphatic heterocycles. The van der Waals surface area contributed by atoms with E-state index in [1.54, 1.807) is 0 Å². The van der Waals surface area contributed by atoms with E-state index in [1.165, 1.54) is 25.7 Å². The molecule has 0 spiro atoms. The predicted octanol–water partition coefficient (Wildman–Crippen LogP) is 3.92. The molecule has 2 rings (SSSR count). The lowest BCUT2D eigenvalue weighted by Gasteiger charge is -2.32. The van der Waals surface area contributed by atoms with E-state index in [1.807, 2.05) is 0 Å². The number of rotatable bonds is 4. The fourth-order valence-electron chi connectivity index (χ4n) is 2.41. The third-order valence-electron chi connectivity index (χ3n) is 3.71. The van der Waals surface area contributed by atoms with Crippen LogP contribution in [0.3, 0.4) is 0 Å². The number of aromatic nitrogens is 2. The summed E-state index contributed by atoms with van der Waals surface area (Å²) in [5.41, 5.74) is 0.488. The average molecular weight is 257 g/mol. The van der Waals surface area contributed by atoms with Crippen molar-refractivity contribution in [1.82, 2.24) is 10.1 Å². The molecule has 0 bridgehead atoms. The lowest BCUT2D eigenvalue weighted by Crippen LogP contribution is -2.20. The van der Waals surface area contributed by atoms with Crippen molar-refractivity contribution in [3.8, 4) is 0 Å². The molecule has 1 fully saturated rings. The highest BCUT2D eigenvalue weighted by molar-refractivity contribution is 6.17. The van der Waals surface area contributed by atoms with Crippen molar-refractivity contribution < 1.29 is 4.52 Å². The Morgan fingerprint density at radius 3 is 2.71 bits per heavy atom. The number of hydrogen-bond acceptors (Lipinski definition) is 3. The van der Waals surface area contributed by atoms with Crippen LogP contribution in [0.4, 0.5) is 0 Å². The Balaban J connectivity index is 1.92. The van der Waals surface area contributed by atoms with Crippen molar-refractivity contribution in [3.05, 3.63) is 11.7 Å². The normalized spacial score (nSPS) is 20.6. The van der Waals surface area contributed by atoms with Crippen molar-refractivity contribution in [2.75, 3.05) is 5.88 Å². The zero-order valence-corrected chi connectivity index (χ0v) is 11.5. The van der Waals surface area contributed by atoms with Gasteiger partial charge >= 0.3 is 0 Å². The van der Waals surface area contributed by atoms with Gasteiger partial charge in [0.1, 0.15) is 0 Å². The van der Waals surface area contributed by atoms with Gasteiger partial charge in [-0.3, -0.25) is 0 Å². The predicted molar refractivity (Wildman–Crippen MR) is 68.3 cm³/mol. The highest BCUT2D eigenvalue weighted by atomic mass is 35.5. The summed E-state index contributed by atoms with van der Waals surface area (Å²) in [6, 6.07) is 0. The van der Waals surface area contributed by atoms with Gasteiger partial charge in [-0.15, -0.1) is 11.6 Å². The molecule has 3 nitrogen and oxygen atoms in total. The van der Waals surface area contributed by atoms with Gasteiger partial charge in [-0.1, -0.05) is 19.0 Å². The number of alkyl halides is 1. The van der Waals surface area contributed by atoms with E-state index in [0.717, 1.165) is 24.6 Å². The van der Waals surface area contributed by atoms with E-state index in [-0.39, 0.29) is 0 Å². The van der Waals surface area contributed by atoms with Crippen molar-refractivity contribution >= 4 is 11.6 Å². The van der Waals surface area contributed by atoms with Crippen molar-refractivity contribution in [3.63, 3.8) is 0 Å². The summed E-state index contributed by atoms with van der Waals surface area (Å²) >= 11 is 5.65. The fourth-order valence-corrected chi connectivity index (χ4v) is 2.54. The summed E-state index contributed by atoms with van der Waals surface area (Å²) in [6.07, 6.45) is 6.57. The maximum Gasteiger partial charge on any atom is 0.226 e. The van der Waals surface area contributed by atoms with Crippen LogP contribution in [0.5, 0.6) is 0 Å². The van der Waals surface area contributed by atoms with E-state index >= 15 is 0 Å².